The summed E-state index contributed by atoms with van der Waals surface area (Å²) in [5.74, 6) is 0.761. The maximum Gasteiger partial charge on any atom is 0.244 e. The first-order valence-electron chi connectivity index (χ1n) is 6.63. The SMILES string of the molecule is CC[C@@H](NC(=O)/C=C/c1ccc(Cl)cc1)c1noc(C)n1. The second-order valence-electron chi connectivity index (χ2n) is 4.53. The Kier molecular flexibility index (Phi) is 5.11. The van der Waals surface area contributed by atoms with Crippen LogP contribution in [0, 0.1) is 6.92 Å². The number of carbonyl (C=O) groups is 1. The van der Waals surface area contributed by atoms with Gasteiger partial charge in [-0.25, -0.2) is 0 Å². The fourth-order valence-corrected chi connectivity index (χ4v) is 1.90. The largest absolute Gasteiger partial charge is 0.342 e. The van der Waals surface area contributed by atoms with E-state index in [0.717, 1.165) is 5.56 Å². The number of nitrogens with zero attached hydrogens (tertiary/aromatic N) is 2. The van der Waals surface area contributed by atoms with Crippen LogP contribution in [0.15, 0.2) is 34.9 Å². The Labute approximate surface area is 128 Å². The number of halogens is 1. The van der Waals surface area contributed by atoms with E-state index in [9.17, 15) is 4.79 Å². The monoisotopic (exact) mass is 305 g/mol. The van der Waals surface area contributed by atoms with Crippen molar-refractivity contribution in [3.8, 4) is 0 Å². The molecular formula is C15H16ClN3O2. The van der Waals surface area contributed by atoms with E-state index < -0.39 is 0 Å². The highest BCUT2D eigenvalue weighted by molar-refractivity contribution is 6.30. The molecule has 0 aliphatic heterocycles. The lowest BCUT2D eigenvalue weighted by Crippen LogP contribution is -2.27. The molecule has 1 heterocycles. The number of rotatable bonds is 5. The van der Waals surface area contributed by atoms with E-state index in [1.807, 2.05) is 19.1 Å². The van der Waals surface area contributed by atoms with Crippen LogP contribution in [0.4, 0.5) is 0 Å². The highest BCUT2D eigenvalue weighted by Gasteiger charge is 2.16. The first-order chi connectivity index (χ1) is 10.1. The summed E-state index contributed by atoms with van der Waals surface area (Å²) in [6.07, 6.45) is 3.87. The zero-order valence-corrected chi connectivity index (χ0v) is 12.6. The van der Waals surface area contributed by atoms with Gasteiger partial charge in [-0.05, 0) is 30.2 Å². The molecule has 0 aliphatic rings. The van der Waals surface area contributed by atoms with Crippen molar-refractivity contribution in [3.05, 3.63) is 52.6 Å². The Morgan fingerprint density at radius 3 is 2.71 bits per heavy atom. The average molecular weight is 306 g/mol. The van der Waals surface area contributed by atoms with E-state index in [0.29, 0.717) is 23.2 Å². The molecule has 6 heteroatoms. The van der Waals surface area contributed by atoms with Crippen LogP contribution in [0.25, 0.3) is 6.08 Å². The standard InChI is InChI=1S/C15H16ClN3O2/c1-3-13(15-17-10(2)21-19-15)18-14(20)9-6-11-4-7-12(16)8-5-11/h4-9,13H,3H2,1-2H3,(H,18,20)/b9-6+/t13-/m1/s1. The fraction of sp³-hybridized carbons (Fsp3) is 0.267. The summed E-state index contributed by atoms with van der Waals surface area (Å²) in [4.78, 5) is 16.1. The van der Waals surface area contributed by atoms with Crippen molar-refractivity contribution in [1.82, 2.24) is 15.5 Å². The van der Waals surface area contributed by atoms with Crippen molar-refractivity contribution in [1.29, 1.82) is 0 Å². The molecule has 0 aliphatic carbocycles. The molecule has 0 unspecified atom stereocenters. The van der Waals surface area contributed by atoms with Crippen LogP contribution in [-0.4, -0.2) is 16.0 Å². The van der Waals surface area contributed by atoms with Crippen LogP contribution in [-0.2, 0) is 4.79 Å². The van der Waals surface area contributed by atoms with Crippen molar-refractivity contribution in [2.45, 2.75) is 26.3 Å². The number of hydrogen-bond donors (Lipinski definition) is 1. The molecule has 5 nitrogen and oxygen atoms in total. The number of nitrogens with one attached hydrogen (secondary N) is 1. The van der Waals surface area contributed by atoms with Gasteiger partial charge in [0.25, 0.3) is 0 Å². The molecule has 2 rings (SSSR count). The van der Waals surface area contributed by atoms with Crippen LogP contribution in [0.2, 0.25) is 5.02 Å². The number of amides is 1. The Balaban J connectivity index is 1.98. The van der Waals surface area contributed by atoms with Crippen LogP contribution in [0.5, 0.6) is 0 Å². The van der Waals surface area contributed by atoms with E-state index in [1.54, 1.807) is 25.1 Å². The molecule has 1 aromatic heterocycles. The van der Waals surface area contributed by atoms with Crippen LogP contribution in [0.3, 0.4) is 0 Å². The van der Waals surface area contributed by atoms with Gasteiger partial charge < -0.3 is 9.84 Å². The number of hydrogen-bond acceptors (Lipinski definition) is 4. The summed E-state index contributed by atoms with van der Waals surface area (Å²) in [6, 6.07) is 6.97. The van der Waals surface area contributed by atoms with Crippen molar-refractivity contribution < 1.29 is 9.32 Å². The van der Waals surface area contributed by atoms with Gasteiger partial charge in [-0.2, -0.15) is 4.98 Å². The van der Waals surface area contributed by atoms with E-state index in [4.69, 9.17) is 16.1 Å². The maximum absolute atomic E-state index is 11.9. The van der Waals surface area contributed by atoms with Crippen molar-refractivity contribution in [2.24, 2.45) is 0 Å². The van der Waals surface area contributed by atoms with Gasteiger partial charge in [-0.15, -0.1) is 0 Å². The molecule has 0 fully saturated rings. The number of carbonyl (C=O) groups excluding carboxylic acids is 1. The van der Waals surface area contributed by atoms with Gasteiger partial charge in [-0.1, -0.05) is 35.8 Å². The molecule has 0 spiro atoms. The highest BCUT2D eigenvalue weighted by Crippen LogP contribution is 2.13. The lowest BCUT2D eigenvalue weighted by atomic mass is 10.2. The number of aryl methyl sites for hydroxylation is 1. The minimum atomic E-state index is -0.259. The topological polar surface area (TPSA) is 68.0 Å². The molecule has 1 N–H and O–H groups in total. The molecule has 110 valence electrons. The fourth-order valence-electron chi connectivity index (χ4n) is 1.77. The molecule has 2 aromatic rings. The third kappa shape index (κ3) is 4.43. The van der Waals surface area contributed by atoms with Crippen molar-refractivity contribution in [2.75, 3.05) is 0 Å². The van der Waals surface area contributed by atoms with E-state index in [1.165, 1.54) is 6.08 Å². The summed E-state index contributed by atoms with van der Waals surface area (Å²) >= 11 is 5.81. The normalized spacial score (nSPS) is 12.5. The molecule has 0 saturated heterocycles. The summed E-state index contributed by atoms with van der Waals surface area (Å²) in [7, 11) is 0. The second kappa shape index (κ2) is 7.04. The third-order valence-corrected chi connectivity index (χ3v) is 3.13. The summed E-state index contributed by atoms with van der Waals surface area (Å²) < 4.78 is 4.93. The van der Waals surface area contributed by atoms with Gasteiger partial charge >= 0.3 is 0 Å². The molecule has 0 saturated carbocycles. The molecule has 1 atom stereocenters. The van der Waals surface area contributed by atoms with E-state index >= 15 is 0 Å². The highest BCUT2D eigenvalue weighted by atomic mass is 35.5. The molecule has 1 aromatic carbocycles. The Morgan fingerprint density at radius 1 is 1.43 bits per heavy atom. The maximum atomic E-state index is 11.9. The average Bonchev–Trinajstić information content (AvgIpc) is 2.90. The minimum absolute atomic E-state index is 0.209. The van der Waals surface area contributed by atoms with E-state index in [-0.39, 0.29) is 11.9 Å². The summed E-state index contributed by atoms with van der Waals surface area (Å²) in [6.45, 7) is 3.66. The van der Waals surface area contributed by atoms with Gasteiger partial charge in [0.1, 0.15) is 0 Å². The second-order valence-corrected chi connectivity index (χ2v) is 4.96. The first-order valence-corrected chi connectivity index (χ1v) is 7.00. The predicted octanol–water partition coefficient (Wildman–Crippen LogP) is 3.31. The Hall–Kier alpha value is -2.14. The van der Waals surface area contributed by atoms with Crippen LogP contribution < -0.4 is 5.32 Å². The van der Waals surface area contributed by atoms with Gasteiger partial charge in [0.05, 0.1) is 6.04 Å². The lowest BCUT2D eigenvalue weighted by Gasteiger charge is -2.11. The zero-order valence-electron chi connectivity index (χ0n) is 11.8. The number of benzene rings is 1. The van der Waals surface area contributed by atoms with Crippen molar-refractivity contribution >= 4 is 23.6 Å². The van der Waals surface area contributed by atoms with Gasteiger partial charge in [-0.3, -0.25) is 4.79 Å². The molecular weight excluding hydrogens is 290 g/mol. The third-order valence-electron chi connectivity index (χ3n) is 2.88. The Morgan fingerprint density at radius 2 is 2.14 bits per heavy atom. The molecule has 0 bridgehead atoms. The first kappa shape index (κ1) is 15.3. The van der Waals surface area contributed by atoms with Crippen LogP contribution >= 0.6 is 11.6 Å². The predicted molar refractivity (Wildman–Crippen MR) is 80.7 cm³/mol. The zero-order chi connectivity index (χ0) is 15.2. The smallest absolute Gasteiger partial charge is 0.244 e. The molecule has 21 heavy (non-hydrogen) atoms. The summed E-state index contributed by atoms with van der Waals surface area (Å²) in [5, 5.41) is 7.33. The van der Waals surface area contributed by atoms with Crippen molar-refractivity contribution in [3.63, 3.8) is 0 Å². The van der Waals surface area contributed by atoms with Gasteiger partial charge in [0.2, 0.25) is 11.8 Å². The molecule has 1 amide bonds. The van der Waals surface area contributed by atoms with Crippen LogP contribution in [0.1, 0.15) is 36.7 Å². The Bertz CT molecular complexity index is 635. The quantitative estimate of drug-likeness (QED) is 0.861. The van der Waals surface area contributed by atoms with E-state index in [2.05, 4.69) is 15.5 Å². The summed E-state index contributed by atoms with van der Waals surface area (Å²) in [5.41, 5.74) is 0.901. The number of aromatic nitrogens is 2. The molecule has 0 radical (unpaired) electrons. The minimum Gasteiger partial charge on any atom is -0.342 e. The lowest BCUT2D eigenvalue weighted by molar-refractivity contribution is -0.117. The van der Waals surface area contributed by atoms with Gasteiger partial charge in [0.15, 0.2) is 5.82 Å². The van der Waals surface area contributed by atoms with Gasteiger partial charge in [0, 0.05) is 18.0 Å².